The van der Waals surface area contributed by atoms with Crippen molar-refractivity contribution in [3.8, 4) is 11.5 Å². The van der Waals surface area contributed by atoms with Crippen LogP contribution in [0.2, 0.25) is 0 Å². The predicted octanol–water partition coefficient (Wildman–Crippen LogP) is 2.83. The summed E-state index contributed by atoms with van der Waals surface area (Å²) in [5.41, 5.74) is 0. The molecule has 0 aliphatic rings. The molecule has 0 unspecified atom stereocenters. The summed E-state index contributed by atoms with van der Waals surface area (Å²) in [4.78, 5) is 0. The van der Waals surface area contributed by atoms with E-state index in [4.69, 9.17) is 8.85 Å². The van der Waals surface area contributed by atoms with Crippen LogP contribution >= 0.6 is 0 Å². The van der Waals surface area contributed by atoms with E-state index < -0.39 is 9.62 Å². The van der Waals surface area contributed by atoms with E-state index in [-0.39, 0.29) is 0 Å². The fourth-order valence-corrected chi connectivity index (χ4v) is 2.03. The molecule has 0 aromatic heterocycles. The lowest BCUT2D eigenvalue weighted by molar-refractivity contribution is 0.359. The van der Waals surface area contributed by atoms with Gasteiger partial charge in [0.05, 0.1) is 0 Å². The lowest BCUT2D eigenvalue weighted by Crippen LogP contribution is -2.24. The van der Waals surface area contributed by atoms with E-state index in [9.17, 15) is 4.11 Å². The lowest BCUT2D eigenvalue weighted by atomic mass is 10.3. The van der Waals surface area contributed by atoms with Gasteiger partial charge in [0.25, 0.3) is 0 Å². The van der Waals surface area contributed by atoms with Gasteiger partial charge in [-0.05, 0) is 24.3 Å². The molecule has 0 bridgehead atoms. The second-order valence-corrected chi connectivity index (χ2v) is 4.16. The van der Waals surface area contributed by atoms with Crippen molar-refractivity contribution in [2.45, 2.75) is 0 Å². The smallest absolute Gasteiger partial charge is 0.492 e. The van der Waals surface area contributed by atoms with E-state index >= 15 is 0 Å². The van der Waals surface area contributed by atoms with Crippen molar-refractivity contribution >= 4 is 9.62 Å². The zero-order valence-corrected chi connectivity index (χ0v) is 9.70. The van der Waals surface area contributed by atoms with Crippen LogP contribution in [0.5, 0.6) is 11.5 Å². The highest BCUT2D eigenvalue weighted by Gasteiger charge is 2.16. The summed E-state index contributed by atoms with van der Waals surface area (Å²) < 4.78 is 23.6. The molecule has 0 spiro atoms. The highest BCUT2D eigenvalue weighted by molar-refractivity contribution is 6.37. The van der Waals surface area contributed by atoms with E-state index in [1.807, 2.05) is 12.1 Å². The largest absolute Gasteiger partial charge is 0.655 e. The van der Waals surface area contributed by atoms with Crippen molar-refractivity contribution in [3.05, 3.63) is 60.7 Å². The Kier molecular flexibility index (Phi) is 3.56. The van der Waals surface area contributed by atoms with Crippen molar-refractivity contribution in [1.82, 2.24) is 0 Å². The third-order valence-electron chi connectivity index (χ3n) is 1.94. The average Bonchev–Trinajstić information content (AvgIpc) is 2.31. The third-order valence-corrected chi connectivity index (χ3v) is 2.86. The molecular weight excluding hydrogens is 223 g/mol. The van der Waals surface area contributed by atoms with Gasteiger partial charge < -0.3 is 8.85 Å². The quantitative estimate of drug-likeness (QED) is 0.598. The molecular formula is C12H11FO2Si. The van der Waals surface area contributed by atoms with E-state index in [1.165, 1.54) is 0 Å². The second kappa shape index (κ2) is 5.32. The third kappa shape index (κ3) is 3.10. The van der Waals surface area contributed by atoms with Gasteiger partial charge in [-0.25, -0.2) is 4.11 Å². The number of benzene rings is 2. The molecule has 0 atom stereocenters. The first-order valence-corrected chi connectivity index (χ1v) is 6.30. The van der Waals surface area contributed by atoms with Gasteiger partial charge in [-0.2, -0.15) is 0 Å². The van der Waals surface area contributed by atoms with E-state index in [2.05, 4.69) is 0 Å². The molecule has 0 aliphatic heterocycles. The summed E-state index contributed by atoms with van der Waals surface area (Å²) in [6, 6.07) is 17.7. The molecule has 0 heterocycles. The van der Waals surface area contributed by atoms with Gasteiger partial charge in [-0.1, -0.05) is 36.4 Å². The minimum Gasteiger partial charge on any atom is -0.492 e. The van der Waals surface area contributed by atoms with Crippen molar-refractivity contribution in [2.24, 2.45) is 0 Å². The fourth-order valence-electron chi connectivity index (χ4n) is 1.24. The summed E-state index contributed by atoms with van der Waals surface area (Å²) in [5, 5.41) is 0. The van der Waals surface area contributed by atoms with Crippen LogP contribution in [0.25, 0.3) is 0 Å². The molecule has 0 saturated heterocycles. The van der Waals surface area contributed by atoms with Crippen molar-refractivity contribution < 1.29 is 13.0 Å². The zero-order chi connectivity index (χ0) is 11.2. The Bertz CT molecular complexity index is 380. The average molecular weight is 234 g/mol. The van der Waals surface area contributed by atoms with Crippen LogP contribution in [0, 0.1) is 0 Å². The first-order chi connectivity index (χ1) is 7.84. The molecule has 82 valence electrons. The second-order valence-electron chi connectivity index (χ2n) is 3.14. The maximum Gasteiger partial charge on any atom is 0.655 e. The minimum atomic E-state index is -3.16. The van der Waals surface area contributed by atoms with Gasteiger partial charge in [0, 0.05) is 0 Å². The van der Waals surface area contributed by atoms with Crippen LogP contribution in [-0.4, -0.2) is 9.62 Å². The topological polar surface area (TPSA) is 18.5 Å². The number of rotatable bonds is 4. The Morgan fingerprint density at radius 3 is 1.44 bits per heavy atom. The zero-order valence-electron chi connectivity index (χ0n) is 8.55. The highest BCUT2D eigenvalue weighted by Crippen LogP contribution is 2.14. The van der Waals surface area contributed by atoms with Crippen molar-refractivity contribution in [3.63, 3.8) is 0 Å². The SMILES string of the molecule is F[SiH](Oc1ccccc1)Oc1ccccc1. The molecule has 0 aliphatic carbocycles. The maximum absolute atomic E-state index is 13.5. The molecule has 2 rings (SSSR count). The molecule has 2 nitrogen and oxygen atoms in total. The molecule has 2 aromatic carbocycles. The number of hydrogen-bond acceptors (Lipinski definition) is 2. The summed E-state index contributed by atoms with van der Waals surface area (Å²) in [6.07, 6.45) is 0. The standard InChI is InChI=1S/C12H11FO2Si/c13-16(14-11-7-3-1-4-8-11)15-12-9-5-2-6-10-12/h1-10,16H. The van der Waals surface area contributed by atoms with Crippen LogP contribution in [0.3, 0.4) is 0 Å². The van der Waals surface area contributed by atoms with Crippen molar-refractivity contribution in [1.29, 1.82) is 0 Å². The molecule has 16 heavy (non-hydrogen) atoms. The summed E-state index contributed by atoms with van der Waals surface area (Å²) >= 11 is 0. The molecule has 0 N–H and O–H groups in total. The van der Waals surface area contributed by atoms with Crippen LogP contribution in [0.15, 0.2) is 60.7 Å². The lowest BCUT2D eigenvalue weighted by Gasteiger charge is -2.11. The summed E-state index contributed by atoms with van der Waals surface area (Å²) in [7, 11) is -3.16. The molecule has 0 radical (unpaired) electrons. The summed E-state index contributed by atoms with van der Waals surface area (Å²) in [6.45, 7) is 0. The minimum absolute atomic E-state index is 0.498. The Labute approximate surface area is 95.3 Å². The molecule has 2 aromatic rings. The Balaban J connectivity index is 1.92. The number of para-hydroxylation sites is 2. The van der Waals surface area contributed by atoms with E-state index in [0.717, 1.165) is 0 Å². The number of halogens is 1. The Hall–Kier alpha value is -1.81. The molecule has 0 amide bonds. The first kappa shape index (κ1) is 10.7. The molecule has 0 fully saturated rings. The van der Waals surface area contributed by atoms with Crippen LogP contribution in [0.4, 0.5) is 4.11 Å². The van der Waals surface area contributed by atoms with Crippen LogP contribution < -0.4 is 8.85 Å². The first-order valence-electron chi connectivity index (χ1n) is 4.92. The van der Waals surface area contributed by atoms with E-state index in [1.54, 1.807) is 48.5 Å². The molecule has 0 saturated carbocycles. The Morgan fingerprint density at radius 2 is 1.06 bits per heavy atom. The molecule has 4 heteroatoms. The van der Waals surface area contributed by atoms with Gasteiger partial charge in [-0.15, -0.1) is 0 Å². The monoisotopic (exact) mass is 234 g/mol. The normalized spacial score (nSPS) is 10.1. The van der Waals surface area contributed by atoms with Gasteiger partial charge in [-0.3, -0.25) is 0 Å². The van der Waals surface area contributed by atoms with Gasteiger partial charge >= 0.3 is 9.62 Å². The highest BCUT2D eigenvalue weighted by atomic mass is 28.4. The van der Waals surface area contributed by atoms with Gasteiger partial charge in [0.2, 0.25) is 0 Å². The predicted molar refractivity (Wildman–Crippen MR) is 62.4 cm³/mol. The van der Waals surface area contributed by atoms with Gasteiger partial charge in [0.15, 0.2) is 0 Å². The van der Waals surface area contributed by atoms with Crippen LogP contribution in [0.1, 0.15) is 0 Å². The fraction of sp³-hybridized carbons (Fsp3) is 0. The van der Waals surface area contributed by atoms with E-state index in [0.29, 0.717) is 11.5 Å². The summed E-state index contributed by atoms with van der Waals surface area (Å²) in [5.74, 6) is 0.996. The van der Waals surface area contributed by atoms with Gasteiger partial charge in [0.1, 0.15) is 11.5 Å². The Morgan fingerprint density at radius 1 is 0.688 bits per heavy atom. The number of hydrogen-bond donors (Lipinski definition) is 0. The van der Waals surface area contributed by atoms with Crippen molar-refractivity contribution in [2.75, 3.05) is 0 Å². The van der Waals surface area contributed by atoms with Crippen LogP contribution in [-0.2, 0) is 0 Å². The maximum atomic E-state index is 13.5.